The summed E-state index contributed by atoms with van der Waals surface area (Å²) in [6, 6.07) is 7.34. The van der Waals surface area contributed by atoms with Crippen LogP contribution in [0.25, 0.3) is 0 Å². The Hall–Kier alpha value is -1.59. The van der Waals surface area contributed by atoms with E-state index < -0.39 is 0 Å². The Balaban J connectivity index is 1.97. The molecule has 1 N–H and O–H groups in total. The second kappa shape index (κ2) is 6.91. The van der Waals surface area contributed by atoms with E-state index in [9.17, 15) is 4.79 Å². The van der Waals surface area contributed by atoms with Crippen molar-refractivity contribution >= 4 is 35.0 Å². The summed E-state index contributed by atoms with van der Waals surface area (Å²) < 4.78 is 0. The number of amides is 1. The fourth-order valence-electron chi connectivity index (χ4n) is 1.82. The number of carbonyl (C=O) groups excluding carboxylic acids is 1. The summed E-state index contributed by atoms with van der Waals surface area (Å²) in [4.78, 5) is 20.6. The molecule has 0 saturated carbocycles. The molecule has 1 heterocycles. The van der Waals surface area contributed by atoms with E-state index in [0.29, 0.717) is 10.2 Å². The van der Waals surface area contributed by atoms with Gasteiger partial charge in [-0.25, -0.2) is 9.97 Å². The van der Waals surface area contributed by atoms with Crippen LogP contribution in [-0.4, -0.2) is 21.6 Å². The Bertz CT molecular complexity index is 656. The van der Waals surface area contributed by atoms with Crippen molar-refractivity contribution in [2.45, 2.75) is 25.9 Å². The third kappa shape index (κ3) is 4.44. The number of aromatic nitrogens is 2. The van der Waals surface area contributed by atoms with Crippen LogP contribution in [0.5, 0.6) is 0 Å². The van der Waals surface area contributed by atoms with Gasteiger partial charge in [0.25, 0.3) is 0 Å². The topological polar surface area (TPSA) is 54.9 Å². The molecule has 0 spiro atoms. The third-order valence-corrected chi connectivity index (χ3v) is 4.09. The van der Waals surface area contributed by atoms with Crippen LogP contribution in [0.4, 0.5) is 5.69 Å². The molecule has 0 aliphatic heterocycles. The first-order valence-corrected chi connectivity index (χ1v) is 7.82. The van der Waals surface area contributed by atoms with Gasteiger partial charge in [-0.3, -0.25) is 4.79 Å². The summed E-state index contributed by atoms with van der Waals surface area (Å²) >= 11 is 7.35. The van der Waals surface area contributed by atoms with Crippen molar-refractivity contribution in [2.24, 2.45) is 0 Å². The van der Waals surface area contributed by atoms with E-state index in [0.717, 1.165) is 22.6 Å². The molecule has 0 atom stereocenters. The van der Waals surface area contributed by atoms with Crippen LogP contribution >= 0.6 is 23.4 Å². The van der Waals surface area contributed by atoms with Crippen LogP contribution in [0.2, 0.25) is 5.02 Å². The van der Waals surface area contributed by atoms with Crippen LogP contribution in [-0.2, 0) is 4.79 Å². The monoisotopic (exact) mass is 321 g/mol. The zero-order valence-corrected chi connectivity index (χ0v) is 13.7. The number of hydrogen-bond donors (Lipinski definition) is 1. The van der Waals surface area contributed by atoms with Crippen molar-refractivity contribution in [3.05, 3.63) is 46.2 Å². The van der Waals surface area contributed by atoms with Crippen LogP contribution in [0, 0.1) is 20.8 Å². The third-order valence-electron chi connectivity index (χ3n) is 2.84. The number of carbonyl (C=O) groups is 1. The second-order valence-corrected chi connectivity index (χ2v) is 6.03. The predicted octanol–water partition coefficient (Wildman–Crippen LogP) is 3.79. The number of halogens is 1. The molecule has 0 radical (unpaired) electrons. The second-order valence-electron chi connectivity index (χ2n) is 4.68. The van der Waals surface area contributed by atoms with E-state index in [1.165, 1.54) is 11.8 Å². The van der Waals surface area contributed by atoms with Crippen molar-refractivity contribution in [3.8, 4) is 0 Å². The highest BCUT2D eigenvalue weighted by Crippen LogP contribution is 2.23. The maximum absolute atomic E-state index is 12.0. The van der Waals surface area contributed by atoms with Gasteiger partial charge in [-0.05, 0) is 44.5 Å². The van der Waals surface area contributed by atoms with Gasteiger partial charge in [0.1, 0.15) is 0 Å². The van der Waals surface area contributed by atoms with Crippen molar-refractivity contribution in [3.63, 3.8) is 0 Å². The molecule has 1 aromatic carbocycles. The zero-order chi connectivity index (χ0) is 15.4. The highest BCUT2D eigenvalue weighted by atomic mass is 35.5. The summed E-state index contributed by atoms with van der Waals surface area (Å²) in [5.41, 5.74) is 3.39. The highest BCUT2D eigenvalue weighted by Gasteiger charge is 2.09. The molecular formula is C15H16ClN3OS. The molecule has 1 amide bonds. The Kier molecular flexibility index (Phi) is 5.20. The first kappa shape index (κ1) is 15.8. The quantitative estimate of drug-likeness (QED) is 0.687. The Morgan fingerprint density at radius 3 is 2.57 bits per heavy atom. The number of benzene rings is 1. The minimum absolute atomic E-state index is 0.104. The van der Waals surface area contributed by atoms with Crippen molar-refractivity contribution in [2.75, 3.05) is 11.1 Å². The first-order chi connectivity index (χ1) is 9.95. The van der Waals surface area contributed by atoms with Gasteiger partial charge in [0.2, 0.25) is 5.91 Å². The summed E-state index contributed by atoms with van der Waals surface area (Å²) in [6.07, 6.45) is 0. The Labute approximate surface area is 133 Å². The van der Waals surface area contributed by atoms with Gasteiger partial charge >= 0.3 is 0 Å². The lowest BCUT2D eigenvalue weighted by Crippen LogP contribution is -2.15. The van der Waals surface area contributed by atoms with Crippen molar-refractivity contribution in [1.82, 2.24) is 9.97 Å². The molecule has 1 aromatic heterocycles. The molecule has 2 aromatic rings. The molecule has 0 aliphatic carbocycles. The number of anilines is 1. The normalized spacial score (nSPS) is 10.5. The standard InChI is InChI=1S/C15H16ClN3OS/c1-9-7-10(2)18-15(17-9)21-8-14(20)19-13-6-4-5-12(16)11(13)3/h4-7H,8H2,1-3H3,(H,19,20). The van der Waals surface area contributed by atoms with Crippen LogP contribution in [0.15, 0.2) is 29.4 Å². The summed E-state index contributed by atoms with van der Waals surface area (Å²) in [7, 11) is 0. The molecule has 0 fully saturated rings. The van der Waals surface area contributed by atoms with Gasteiger partial charge in [0.15, 0.2) is 5.16 Å². The SMILES string of the molecule is Cc1cc(C)nc(SCC(=O)Nc2cccc(Cl)c2C)n1. The molecule has 21 heavy (non-hydrogen) atoms. The zero-order valence-electron chi connectivity index (χ0n) is 12.1. The average molecular weight is 322 g/mol. The average Bonchev–Trinajstić information content (AvgIpc) is 2.41. The number of thioether (sulfide) groups is 1. The van der Waals surface area contributed by atoms with Gasteiger partial charge in [-0.15, -0.1) is 0 Å². The summed E-state index contributed by atoms with van der Waals surface area (Å²) in [5, 5.41) is 4.10. The number of rotatable bonds is 4. The maximum Gasteiger partial charge on any atom is 0.234 e. The lowest BCUT2D eigenvalue weighted by atomic mass is 10.2. The summed E-state index contributed by atoms with van der Waals surface area (Å²) in [5.74, 6) is 0.155. The van der Waals surface area contributed by atoms with Gasteiger partial charge in [-0.2, -0.15) is 0 Å². The van der Waals surface area contributed by atoms with Gasteiger partial charge in [-0.1, -0.05) is 29.4 Å². The molecule has 0 aliphatic rings. The number of nitrogens with zero attached hydrogens (tertiary/aromatic N) is 2. The van der Waals surface area contributed by atoms with E-state index in [4.69, 9.17) is 11.6 Å². The number of hydrogen-bond acceptors (Lipinski definition) is 4. The van der Waals surface area contributed by atoms with E-state index in [1.807, 2.05) is 39.0 Å². The Morgan fingerprint density at radius 2 is 1.90 bits per heavy atom. The molecule has 4 nitrogen and oxygen atoms in total. The van der Waals surface area contributed by atoms with E-state index in [2.05, 4.69) is 15.3 Å². The van der Waals surface area contributed by atoms with Crippen molar-refractivity contribution in [1.29, 1.82) is 0 Å². The summed E-state index contributed by atoms with van der Waals surface area (Å²) in [6.45, 7) is 5.69. The van der Waals surface area contributed by atoms with E-state index in [-0.39, 0.29) is 11.7 Å². The van der Waals surface area contributed by atoms with Crippen LogP contribution in [0.1, 0.15) is 17.0 Å². The largest absolute Gasteiger partial charge is 0.325 e. The maximum atomic E-state index is 12.0. The van der Waals surface area contributed by atoms with Gasteiger partial charge in [0, 0.05) is 22.1 Å². The number of aryl methyl sites for hydroxylation is 2. The van der Waals surface area contributed by atoms with Gasteiger partial charge in [0.05, 0.1) is 5.75 Å². The predicted molar refractivity (Wildman–Crippen MR) is 87.0 cm³/mol. The lowest BCUT2D eigenvalue weighted by molar-refractivity contribution is -0.113. The number of nitrogens with one attached hydrogen (secondary N) is 1. The van der Waals surface area contributed by atoms with Crippen LogP contribution < -0.4 is 5.32 Å². The smallest absolute Gasteiger partial charge is 0.234 e. The molecule has 0 unspecified atom stereocenters. The van der Waals surface area contributed by atoms with Crippen LogP contribution in [0.3, 0.4) is 0 Å². The first-order valence-electron chi connectivity index (χ1n) is 6.46. The minimum Gasteiger partial charge on any atom is -0.325 e. The fraction of sp³-hybridized carbons (Fsp3) is 0.267. The molecule has 6 heteroatoms. The lowest BCUT2D eigenvalue weighted by Gasteiger charge is -2.09. The van der Waals surface area contributed by atoms with Crippen molar-refractivity contribution < 1.29 is 4.79 Å². The molecule has 2 rings (SSSR count). The minimum atomic E-state index is -0.104. The molecule has 0 saturated heterocycles. The Morgan fingerprint density at radius 1 is 1.24 bits per heavy atom. The molecule has 0 bridgehead atoms. The fourth-order valence-corrected chi connectivity index (χ4v) is 2.74. The highest BCUT2D eigenvalue weighted by molar-refractivity contribution is 7.99. The van der Waals surface area contributed by atoms with E-state index >= 15 is 0 Å². The molecule has 110 valence electrons. The van der Waals surface area contributed by atoms with E-state index in [1.54, 1.807) is 6.07 Å². The molecular weight excluding hydrogens is 306 g/mol. The van der Waals surface area contributed by atoms with Gasteiger partial charge < -0.3 is 5.32 Å².